The van der Waals surface area contributed by atoms with Crippen molar-refractivity contribution in [2.75, 3.05) is 6.54 Å². The summed E-state index contributed by atoms with van der Waals surface area (Å²) in [6, 6.07) is 3.51. The molecule has 0 amide bonds. The molecule has 0 unspecified atom stereocenters. The molecule has 0 aliphatic heterocycles. The first kappa shape index (κ1) is 17.3. The number of hydrogen-bond donors (Lipinski definition) is 1. The molecule has 1 rings (SSSR count). The first-order chi connectivity index (χ1) is 6.65. The molecular formula is C10H17Cl2NOS. The molecule has 1 aromatic rings. The molecule has 0 aromatic carbocycles. The van der Waals surface area contributed by atoms with Crippen LogP contribution in [0.15, 0.2) is 12.1 Å². The zero-order chi connectivity index (χ0) is 11.0. The molecule has 0 radical (unpaired) electrons. The third kappa shape index (κ3) is 7.79. The Labute approximate surface area is 106 Å². The molecule has 0 aliphatic rings. The molecule has 1 heterocycles. The van der Waals surface area contributed by atoms with E-state index in [4.69, 9.17) is 17.3 Å². The quantitative estimate of drug-likeness (QED) is 0.849. The summed E-state index contributed by atoms with van der Waals surface area (Å²) >= 11 is 6.96. The molecule has 0 saturated carbocycles. The van der Waals surface area contributed by atoms with Gasteiger partial charge in [-0.2, -0.15) is 0 Å². The highest BCUT2D eigenvalue weighted by Crippen LogP contribution is 2.22. The van der Waals surface area contributed by atoms with Crippen molar-refractivity contribution in [2.24, 2.45) is 5.73 Å². The Kier molecular flexibility index (Phi) is 12.0. The Hall–Kier alpha value is -0.0900. The van der Waals surface area contributed by atoms with Gasteiger partial charge in [-0.05, 0) is 25.1 Å². The third-order valence-electron chi connectivity index (χ3n) is 1.46. The molecule has 2 N–H and O–H groups in total. The number of nitrogens with two attached hydrogens (primary N) is 1. The van der Waals surface area contributed by atoms with E-state index in [-0.39, 0.29) is 18.2 Å². The van der Waals surface area contributed by atoms with Crippen molar-refractivity contribution in [3.63, 3.8) is 0 Å². The van der Waals surface area contributed by atoms with Crippen LogP contribution < -0.4 is 5.73 Å². The topological polar surface area (TPSA) is 43.1 Å². The van der Waals surface area contributed by atoms with Gasteiger partial charge in [0.15, 0.2) is 5.78 Å². The number of ketones is 1. The SMILES string of the molecule is CCC(=O)c1ccc(Cl)s1.CCCN.Cl. The summed E-state index contributed by atoms with van der Waals surface area (Å²) in [5.41, 5.74) is 5.03. The normalized spacial score (nSPS) is 8.53. The Morgan fingerprint density at radius 1 is 1.47 bits per heavy atom. The number of hydrogen-bond acceptors (Lipinski definition) is 3. The molecule has 0 bridgehead atoms. The fraction of sp³-hybridized carbons (Fsp3) is 0.500. The van der Waals surface area contributed by atoms with Crippen LogP contribution in [0.1, 0.15) is 36.4 Å². The zero-order valence-electron chi connectivity index (χ0n) is 8.96. The molecule has 5 heteroatoms. The minimum atomic E-state index is 0. The van der Waals surface area contributed by atoms with Crippen LogP contribution in [0.5, 0.6) is 0 Å². The minimum Gasteiger partial charge on any atom is -0.330 e. The molecule has 15 heavy (non-hydrogen) atoms. The zero-order valence-corrected chi connectivity index (χ0v) is 11.3. The van der Waals surface area contributed by atoms with E-state index in [9.17, 15) is 4.79 Å². The summed E-state index contributed by atoms with van der Waals surface area (Å²) in [5.74, 6) is 0.164. The van der Waals surface area contributed by atoms with Gasteiger partial charge >= 0.3 is 0 Å². The van der Waals surface area contributed by atoms with Gasteiger partial charge in [0, 0.05) is 6.42 Å². The van der Waals surface area contributed by atoms with Crippen molar-refractivity contribution < 1.29 is 4.79 Å². The summed E-state index contributed by atoms with van der Waals surface area (Å²) in [6.07, 6.45) is 1.65. The van der Waals surface area contributed by atoms with E-state index in [2.05, 4.69) is 6.92 Å². The van der Waals surface area contributed by atoms with Gasteiger partial charge in [-0.1, -0.05) is 25.4 Å². The number of Topliss-reactive ketones (excluding diaryl/α,β-unsaturated/α-hetero) is 1. The maximum absolute atomic E-state index is 11.0. The van der Waals surface area contributed by atoms with Crippen LogP contribution in [0.25, 0.3) is 0 Å². The smallest absolute Gasteiger partial charge is 0.172 e. The average Bonchev–Trinajstić information content (AvgIpc) is 2.64. The van der Waals surface area contributed by atoms with E-state index in [0.717, 1.165) is 17.8 Å². The van der Waals surface area contributed by atoms with Crippen molar-refractivity contribution >= 4 is 41.1 Å². The van der Waals surface area contributed by atoms with E-state index in [1.165, 1.54) is 11.3 Å². The van der Waals surface area contributed by atoms with E-state index in [0.29, 0.717) is 10.8 Å². The molecule has 88 valence electrons. The second-order valence-corrected chi connectivity index (χ2v) is 4.38. The Morgan fingerprint density at radius 3 is 2.27 bits per heavy atom. The van der Waals surface area contributed by atoms with Crippen LogP contribution >= 0.6 is 35.3 Å². The lowest BCUT2D eigenvalue weighted by Gasteiger charge is -1.86. The summed E-state index contributed by atoms with van der Waals surface area (Å²) in [7, 11) is 0. The maximum Gasteiger partial charge on any atom is 0.172 e. The van der Waals surface area contributed by atoms with Crippen LogP contribution in [0.3, 0.4) is 0 Å². The third-order valence-corrected chi connectivity index (χ3v) is 2.73. The molecule has 1 aromatic heterocycles. The largest absolute Gasteiger partial charge is 0.330 e. The highest BCUT2D eigenvalue weighted by Gasteiger charge is 2.04. The fourth-order valence-corrected chi connectivity index (χ4v) is 1.69. The van der Waals surface area contributed by atoms with Gasteiger partial charge in [-0.25, -0.2) is 0 Å². The summed E-state index contributed by atoms with van der Waals surface area (Å²) in [6.45, 7) is 4.72. The molecule has 0 aliphatic carbocycles. The standard InChI is InChI=1S/C7H7ClOS.C3H9N.ClH/c1-2-5(9)6-3-4-7(8)10-6;1-2-3-4;/h3-4H,2H2,1H3;2-4H2,1H3;1H. The van der Waals surface area contributed by atoms with Crippen LogP contribution in [0.4, 0.5) is 0 Å². The molecule has 2 nitrogen and oxygen atoms in total. The van der Waals surface area contributed by atoms with Crippen LogP contribution in [0, 0.1) is 0 Å². The number of thiophene rings is 1. The number of rotatable bonds is 3. The predicted octanol–water partition coefficient (Wildman–Crippen LogP) is 3.77. The van der Waals surface area contributed by atoms with Crippen LogP contribution in [-0.2, 0) is 0 Å². The molecule has 0 fully saturated rings. The van der Waals surface area contributed by atoms with Gasteiger partial charge in [0.2, 0.25) is 0 Å². The van der Waals surface area contributed by atoms with Gasteiger partial charge in [0.1, 0.15) is 0 Å². The molecule has 0 saturated heterocycles. The Balaban J connectivity index is 0. The van der Waals surface area contributed by atoms with E-state index in [1.54, 1.807) is 12.1 Å². The second-order valence-electron chi connectivity index (χ2n) is 2.67. The lowest BCUT2D eigenvalue weighted by molar-refractivity contribution is 0.0992. The van der Waals surface area contributed by atoms with Crippen molar-refractivity contribution in [3.8, 4) is 0 Å². The summed E-state index contributed by atoms with van der Waals surface area (Å²) < 4.78 is 0.678. The average molecular weight is 270 g/mol. The van der Waals surface area contributed by atoms with Gasteiger partial charge in [0.05, 0.1) is 9.21 Å². The van der Waals surface area contributed by atoms with Crippen LogP contribution in [0.2, 0.25) is 4.34 Å². The first-order valence-electron chi connectivity index (χ1n) is 4.64. The lowest BCUT2D eigenvalue weighted by atomic mass is 10.3. The van der Waals surface area contributed by atoms with E-state index < -0.39 is 0 Å². The summed E-state index contributed by atoms with van der Waals surface area (Å²) in [5, 5.41) is 0. The van der Waals surface area contributed by atoms with Crippen molar-refractivity contribution in [1.29, 1.82) is 0 Å². The summed E-state index contributed by atoms with van der Waals surface area (Å²) in [4.78, 5) is 11.7. The highest BCUT2D eigenvalue weighted by molar-refractivity contribution is 7.18. The first-order valence-corrected chi connectivity index (χ1v) is 5.83. The van der Waals surface area contributed by atoms with Gasteiger partial charge in [-0.15, -0.1) is 23.7 Å². The van der Waals surface area contributed by atoms with Crippen molar-refractivity contribution in [3.05, 3.63) is 21.3 Å². The van der Waals surface area contributed by atoms with Crippen molar-refractivity contribution in [2.45, 2.75) is 26.7 Å². The Morgan fingerprint density at radius 2 is 2.00 bits per heavy atom. The van der Waals surface area contributed by atoms with E-state index >= 15 is 0 Å². The van der Waals surface area contributed by atoms with Gasteiger partial charge in [-0.3, -0.25) is 4.79 Å². The van der Waals surface area contributed by atoms with Crippen molar-refractivity contribution in [1.82, 2.24) is 0 Å². The minimum absolute atomic E-state index is 0. The number of carbonyl (C=O) groups is 1. The predicted molar refractivity (Wildman–Crippen MR) is 70.5 cm³/mol. The molecular weight excluding hydrogens is 253 g/mol. The van der Waals surface area contributed by atoms with E-state index in [1.807, 2.05) is 6.92 Å². The van der Waals surface area contributed by atoms with Crippen LogP contribution in [-0.4, -0.2) is 12.3 Å². The number of carbonyl (C=O) groups excluding carboxylic acids is 1. The highest BCUT2D eigenvalue weighted by atomic mass is 35.5. The fourth-order valence-electron chi connectivity index (χ4n) is 0.638. The maximum atomic E-state index is 11.0. The molecule has 0 spiro atoms. The molecule has 0 atom stereocenters. The number of halogens is 2. The lowest BCUT2D eigenvalue weighted by Crippen LogP contribution is -1.93. The second kappa shape index (κ2) is 10.4. The van der Waals surface area contributed by atoms with Gasteiger partial charge in [0.25, 0.3) is 0 Å². The van der Waals surface area contributed by atoms with Gasteiger partial charge < -0.3 is 5.73 Å². The monoisotopic (exact) mass is 269 g/mol. The Bertz CT molecular complexity index is 274.